The van der Waals surface area contributed by atoms with E-state index in [0.29, 0.717) is 16.8 Å². The second-order valence-corrected chi connectivity index (χ2v) is 4.18. The first-order valence-corrected chi connectivity index (χ1v) is 5.82. The Morgan fingerprint density at radius 1 is 1.20 bits per heavy atom. The summed E-state index contributed by atoms with van der Waals surface area (Å²) in [4.78, 5) is 12.1. The van der Waals surface area contributed by atoms with Gasteiger partial charge < -0.3 is 10.3 Å². The molecule has 3 aromatic rings. The molecule has 0 aliphatic rings. The van der Waals surface area contributed by atoms with Crippen molar-refractivity contribution >= 4 is 5.82 Å². The topological polar surface area (TPSA) is 90.7 Å². The number of nitrogen functional groups attached to an aromatic ring is 1. The number of nitrogens with zero attached hydrogens (tertiary/aromatic N) is 4. The molecule has 100 valence electrons. The lowest BCUT2D eigenvalue weighted by molar-refractivity contribution is 0.431. The van der Waals surface area contributed by atoms with Crippen molar-refractivity contribution in [3.8, 4) is 23.0 Å². The highest BCUT2D eigenvalue weighted by Gasteiger charge is 2.15. The van der Waals surface area contributed by atoms with Crippen LogP contribution in [0.2, 0.25) is 0 Å². The van der Waals surface area contributed by atoms with Gasteiger partial charge in [0.1, 0.15) is 5.82 Å². The molecule has 0 unspecified atom stereocenters. The molecular formula is C13H10FN5O. The molecule has 0 aliphatic heterocycles. The summed E-state index contributed by atoms with van der Waals surface area (Å²) in [5.41, 5.74) is 7.06. The first kappa shape index (κ1) is 12.2. The number of halogens is 1. The Morgan fingerprint density at radius 3 is 2.75 bits per heavy atom. The molecule has 20 heavy (non-hydrogen) atoms. The fraction of sp³-hybridized carbons (Fsp3) is 0.0769. The van der Waals surface area contributed by atoms with Crippen LogP contribution < -0.4 is 5.73 Å². The smallest absolute Gasteiger partial charge is 0.280 e. The van der Waals surface area contributed by atoms with Gasteiger partial charge in [0, 0.05) is 18.0 Å². The normalized spacial score (nSPS) is 10.7. The number of anilines is 1. The molecule has 0 amide bonds. The lowest BCUT2D eigenvalue weighted by Gasteiger charge is -1.98. The number of rotatable bonds is 2. The van der Waals surface area contributed by atoms with Crippen molar-refractivity contribution in [3.63, 3.8) is 0 Å². The second kappa shape index (κ2) is 4.69. The molecule has 0 radical (unpaired) electrons. The third kappa shape index (κ3) is 2.09. The van der Waals surface area contributed by atoms with Gasteiger partial charge in [0.2, 0.25) is 5.82 Å². The Hall–Kier alpha value is -2.83. The van der Waals surface area contributed by atoms with Crippen LogP contribution in [0.3, 0.4) is 0 Å². The van der Waals surface area contributed by atoms with E-state index >= 15 is 0 Å². The van der Waals surface area contributed by atoms with Gasteiger partial charge in [-0.25, -0.2) is 14.4 Å². The number of aromatic nitrogens is 4. The summed E-state index contributed by atoms with van der Waals surface area (Å²) in [6.07, 6.45) is 2.94. The molecule has 0 bridgehead atoms. The minimum atomic E-state index is -0.326. The number of hydrogen-bond donors (Lipinski definition) is 1. The van der Waals surface area contributed by atoms with Gasteiger partial charge >= 0.3 is 0 Å². The maximum Gasteiger partial charge on any atom is 0.280 e. The molecule has 7 heteroatoms. The molecule has 2 aromatic heterocycles. The quantitative estimate of drug-likeness (QED) is 0.768. The Balaban J connectivity index is 2.02. The zero-order valence-electron chi connectivity index (χ0n) is 10.5. The second-order valence-electron chi connectivity index (χ2n) is 4.18. The Morgan fingerprint density at radius 2 is 2.00 bits per heavy atom. The van der Waals surface area contributed by atoms with Crippen LogP contribution in [-0.4, -0.2) is 20.1 Å². The molecular weight excluding hydrogens is 261 g/mol. The standard InChI is InChI=1S/C13H10FN5O/c1-7-2-3-8(6-9(7)14)12-18-13(20-19-12)10-11(15)17-5-4-16-10/h2-6H,1H3,(H2,15,17). The monoisotopic (exact) mass is 271 g/mol. The summed E-state index contributed by atoms with van der Waals surface area (Å²) >= 11 is 0. The van der Waals surface area contributed by atoms with Crippen molar-refractivity contribution in [2.45, 2.75) is 6.92 Å². The molecule has 0 saturated carbocycles. The summed E-state index contributed by atoms with van der Waals surface area (Å²) in [5, 5.41) is 3.80. The van der Waals surface area contributed by atoms with Crippen molar-refractivity contribution in [2.75, 3.05) is 5.73 Å². The predicted octanol–water partition coefficient (Wildman–Crippen LogP) is 2.22. The largest absolute Gasteiger partial charge is 0.382 e. The van der Waals surface area contributed by atoms with E-state index < -0.39 is 0 Å². The van der Waals surface area contributed by atoms with E-state index in [-0.39, 0.29) is 23.4 Å². The Labute approximate surface area is 113 Å². The van der Waals surface area contributed by atoms with Crippen LogP contribution in [0, 0.1) is 12.7 Å². The molecule has 0 spiro atoms. The molecule has 0 saturated heterocycles. The SMILES string of the molecule is Cc1ccc(-c2noc(-c3nccnc3N)n2)cc1F. The van der Waals surface area contributed by atoms with Gasteiger partial charge in [-0.15, -0.1) is 0 Å². The van der Waals surface area contributed by atoms with Gasteiger partial charge in [-0.1, -0.05) is 17.3 Å². The van der Waals surface area contributed by atoms with Crippen molar-refractivity contribution < 1.29 is 8.91 Å². The van der Waals surface area contributed by atoms with Gasteiger partial charge in [0.05, 0.1) is 0 Å². The highest BCUT2D eigenvalue weighted by Crippen LogP contribution is 2.24. The van der Waals surface area contributed by atoms with Crippen LogP contribution in [0.4, 0.5) is 10.2 Å². The minimum absolute atomic E-state index is 0.145. The number of hydrogen-bond acceptors (Lipinski definition) is 6. The van der Waals surface area contributed by atoms with Crippen molar-refractivity contribution in [2.24, 2.45) is 0 Å². The van der Waals surface area contributed by atoms with E-state index in [2.05, 4.69) is 20.1 Å². The molecule has 0 atom stereocenters. The average Bonchev–Trinajstić information content (AvgIpc) is 2.92. The summed E-state index contributed by atoms with van der Waals surface area (Å²) in [5.74, 6) is 0.279. The van der Waals surface area contributed by atoms with Gasteiger partial charge in [0.15, 0.2) is 11.5 Å². The summed E-state index contributed by atoms with van der Waals surface area (Å²) in [7, 11) is 0. The fourth-order valence-electron chi connectivity index (χ4n) is 1.68. The Kier molecular flexibility index (Phi) is 2.86. The van der Waals surface area contributed by atoms with E-state index in [1.165, 1.54) is 18.5 Å². The van der Waals surface area contributed by atoms with E-state index in [1.54, 1.807) is 19.1 Å². The number of aryl methyl sites for hydroxylation is 1. The molecule has 1 aromatic carbocycles. The van der Waals surface area contributed by atoms with Crippen LogP contribution in [0.5, 0.6) is 0 Å². The van der Waals surface area contributed by atoms with Crippen LogP contribution >= 0.6 is 0 Å². The summed E-state index contributed by atoms with van der Waals surface area (Å²) in [6.45, 7) is 1.68. The van der Waals surface area contributed by atoms with Crippen LogP contribution in [0.25, 0.3) is 23.0 Å². The Bertz CT molecular complexity index is 771. The van der Waals surface area contributed by atoms with E-state index in [4.69, 9.17) is 10.3 Å². The lowest BCUT2D eigenvalue weighted by atomic mass is 10.1. The first-order chi connectivity index (χ1) is 9.65. The van der Waals surface area contributed by atoms with Crippen LogP contribution in [0.1, 0.15) is 5.56 Å². The first-order valence-electron chi connectivity index (χ1n) is 5.82. The lowest BCUT2D eigenvalue weighted by Crippen LogP contribution is -1.96. The molecule has 2 heterocycles. The molecule has 2 N–H and O–H groups in total. The maximum absolute atomic E-state index is 13.5. The van der Waals surface area contributed by atoms with Crippen molar-refractivity contribution in [1.82, 2.24) is 20.1 Å². The van der Waals surface area contributed by atoms with E-state index in [1.807, 2.05) is 0 Å². The highest BCUT2D eigenvalue weighted by atomic mass is 19.1. The van der Waals surface area contributed by atoms with Crippen LogP contribution in [-0.2, 0) is 0 Å². The highest BCUT2D eigenvalue weighted by molar-refractivity contribution is 5.64. The van der Waals surface area contributed by atoms with Crippen molar-refractivity contribution in [3.05, 3.63) is 42.0 Å². The zero-order chi connectivity index (χ0) is 14.1. The minimum Gasteiger partial charge on any atom is -0.382 e. The van der Waals surface area contributed by atoms with Gasteiger partial charge in [-0.05, 0) is 18.6 Å². The third-order valence-corrected chi connectivity index (χ3v) is 2.79. The molecule has 6 nitrogen and oxygen atoms in total. The zero-order valence-corrected chi connectivity index (χ0v) is 10.5. The van der Waals surface area contributed by atoms with E-state index in [9.17, 15) is 4.39 Å². The van der Waals surface area contributed by atoms with Gasteiger partial charge in [-0.2, -0.15) is 4.98 Å². The van der Waals surface area contributed by atoms with Crippen molar-refractivity contribution in [1.29, 1.82) is 0 Å². The van der Waals surface area contributed by atoms with Crippen LogP contribution in [0.15, 0.2) is 35.1 Å². The fourth-order valence-corrected chi connectivity index (χ4v) is 1.68. The predicted molar refractivity (Wildman–Crippen MR) is 69.9 cm³/mol. The maximum atomic E-state index is 13.5. The summed E-state index contributed by atoms with van der Waals surface area (Å²) in [6, 6.07) is 4.72. The number of benzene rings is 1. The third-order valence-electron chi connectivity index (χ3n) is 2.79. The van der Waals surface area contributed by atoms with Gasteiger partial charge in [0.25, 0.3) is 5.89 Å². The molecule has 0 fully saturated rings. The average molecular weight is 271 g/mol. The summed E-state index contributed by atoms with van der Waals surface area (Å²) < 4.78 is 18.6. The number of nitrogens with two attached hydrogens (primary N) is 1. The molecule has 0 aliphatic carbocycles. The van der Waals surface area contributed by atoms with Gasteiger partial charge in [-0.3, -0.25) is 0 Å². The molecule has 3 rings (SSSR count). The van der Waals surface area contributed by atoms with E-state index in [0.717, 1.165) is 0 Å².